The van der Waals surface area contributed by atoms with Crippen LogP contribution < -0.4 is 0 Å². The molecular formula is C13H15NO3. The molecule has 0 aliphatic heterocycles. The summed E-state index contributed by atoms with van der Waals surface area (Å²) in [5.41, 5.74) is 0.735. The molecule has 0 radical (unpaired) electrons. The van der Waals surface area contributed by atoms with E-state index in [1.165, 1.54) is 12.1 Å². The molecule has 0 saturated carbocycles. The number of rotatable bonds is 5. The van der Waals surface area contributed by atoms with E-state index in [9.17, 15) is 10.1 Å². The maximum atomic E-state index is 10.5. The van der Waals surface area contributed by atoms with E-state index in [0.717, 1.165) is 25.7 Å². The van der Waals surface area contributed by atoms with Gasteiger partial charge in [0.25, 0.3) is 5.69 Å². The van der Waals surface area contributed by atoms with Crippen LogP contribution in [0.2, 0.25) is 0 Å². The first-order valence-electron chi connectivity index (χ1n) is 5.58. The molecule has 0 saturated heterocycles. The molecule has 0 heterocycles. The number of hydrogen-bond acceptors (Lipinski definition) is 3. The fourth-order valence-corrected chi connectivity index (χ4v) is 1.36. The van der Waals surface area contributed by atoms with Crippen molar-refractivity contribution in [1.82, 2.24) is 0 Å². The molecule has 1 aromatic carbocycles. The van der Waals surface area contributed by atoms with Gasteiger partial charge < -0.3 is 5.11 Å². The lowest BCUT2D eigenvalue weighted by molar-refractivity contribution is -0.384. The van der Waals surface area contributed by atoms with Crippen LogP contribution in [0.4, 0.5) is 5.69 Å². The van der Waals surface area contributed by atoms with E-state index in [4.69, 9.17) is 5.11 Å². The molecule has 0 atom stereocenters. The van der Waals surface area contributed by atoms with Crippen molar-refractivity contribution in [3.8, 4) is 11.8 Å². The zero-order valence-electron chi connectivity index (χ0n) is 9.56. The largest absolute Gasteiger partial charge is 0.396 e. The Morgan fingerprint density at radius 1 is 1.29 bits per heavy atom. The predicted molar refractivity (Wildman–Crippen MR) is 65.5 cm³/mol. The molecule has 1 N–H and O–H groups in total. The number of benzene rings is 1. The summed E-state index contributed by atoms with van der Waals surface area (Å²) >= 11 is 0. The lowest BCUT2D eigenvalue weighted by Gasteiger charge is -1.93. The van der Waals surface area contributed by atoms with E-state index in [0.29, 0.717) is 5.56 Å². The SMILES string of the molecule is O=[N+]([O-])c1cccc(C#CCCCCCO)c1. The Morgan fingerprint density at radius 2 is 2.12 bits per heavy atom. The number of aliphatic hydroxyl groups is 1. The number of nitro groups is 1. The number of non-ortho nitro benzene ring substituents is 1. The van der Waals surface area contributed by atoms with Gasteiger partial charge in [0.2, 0.25) is 0 Å². The molecule has 0 aromatic heterocycles. The highest BCUT2D eigenvalue weighted by molar-refractivity contribution is 5.42. The van der Waals surface area contributed by atoms with Gasteiger partial charge in [0.1, 0.15) is 0 Å². The van der Waals surface area contributed by atoms with E-state index in [2.05, 4.69) is 11.8 Å². The monoisotopic (exact) mass is 233 g/mol. The van der Waals surface area contributed by atoms with Crippen LogP contribution in [0.15, 0.2) is 24.3 Å². The maximum Gasteiger partial charge on any atom is 0.270 e. The Kier molecular flexibility index (Phi) is 5.76. The van der Waals surface area contributed by atoms with Crippen molar-refractivity contribution >= 4 is 5.69 Å². The zero-order chi connectivity index (χ0) is 12.5. The average molecular weight is 233 g/mol. The molecule has 0 bridgehead atoms. The zero-order valence-corrected chi connectivity index (χ0v) is 9.56. The van der Waals surface area contributed by atoms with Gasteiger partial charge in [0.05, 0.1) is 4.92 Å². The standard InChI is InChI=1S/C13H15NO3/c15-10-5-3-1-2-4-7-12-8-6-9-13(11-12)14(16)17/h6,8-9,11,15H,1-3,5,10H2. The topological polar surface area (TPSA) is 63.4 Å². The van der Waals surface area contributed by atoms with Gasteiger partial charge in [-0.1, -0.05) is 24.3 Å². The summed E-state index contributed by atoms with van der Waals surface area (Å²) < 4.78 is 0. The van der Waals surface area contributed by atoms with Crippen LogP contribution in [0.25, 0.3) is 0 Å². The Morgan fingerprint density at radius 3 is 2.82 bits per heavy atom. The second kappa shape index (κ2) is 7.42. The Balaban J connectivity index is 2.48. The Bertz CT molecular complexity index is 432. The van der Waals surface area contributed by atoms with E-state index >= 15 is 0 Å². The van der Waals surface area contributed by atoms with Gasteiger partial charge >= 0.3 is 0 Å². The Labute approximate surface area is 100 Å². The molecule has 0 fully saturated rings. The van der Waals surface area contributed by atoms with Gasteiger partial charge in [-0.3, -0.25) is 10.1 Å². The van der Waals surface area contributed by atoms with Gasteiger partial charge in [-0.2, -0.15) is 0 Å². The van der Waals surface area contributed by atoms with Crippen molar-refractivity contribution in [3.05, 3.63) is 39.9 Å². The van der Waals surface area contributed by atoms with Gasteiger partial charge in [0, 0.05) is 30.7 Å². The first kappa shape index (κ1) is 13.2. The highest BCUT2D eigenvalue weighted by atomic mass is 16.6. The van der Waals surface area contributed by atoms with Gasteiger partial charge in [-0.25, -0.2) is 0 Å². The second-order valence-corrected chi connectivity index (χ2v) is 3.64. The van der Waals surface area contributed by atoms with Gasteiger partial charge in [-0.05, 0) is 18.9 Å². The summed E-state index contributed by atoms with van der Waals surface area (Å²) in [5.74, 6) is 5.87. The second-order valence-electron chi connectivity index (χ2n) is 3.64. The van der Waals surface area contributed by atoms with Crippen LogP contribution in [0.1, 0.15) is 31.2 Å². The molecule has 0 unspecified atom stereocenters. The fourth-order valence-electron chi connectivity index (χ4n) is 1.36. The van der Waals surface area contributed by atoms with Crippen molar-refractivity contribution in [2.24, 2.45) is 0 Å². The molecule has 0 aliphatic rings. The first-order chi connectivity index (χ1) is 8.24. The molecule has 0 spiro atoms. The van der Waals surface area contributed by atoms with Crippen LogP contribution in [-0.2, 0) is 0 Å². The molecule has 4 heteroatoms. The van der Waals surface area contributed by atoms with Crippen LogP contribution >= 0.6 is 0 Å². The van der Waals surface area contributed by atoms with Crippen molar-refractivity contribution in [2.45, 2.75) is 25.7 Å². The number of nitrogens with zero attached hydrogens (tertiary/aromatic N) is 1. The third-order valence-electron chi connectivity index (χ3n) is 2.25. The number of unbranched alkanes of at least 4 members (excludes halogenated alkanes) is 3. The van der Waals surface area contributed by atoms with E-state index < -0.39 is 4.92 Å². The summed E-state index contributed by atoms with van der Waals surface area (Å²) in [6, 6.07) is 6.31. The van der Waals surface area contributed by atoms with Crippen molar-refractivity contribution in [1.29, 1.82) is 0 Å². The number of nitro benzene ring substituents is 1. The summed E-state index contributed by atoms with van der Waals surface area (Å²) in [5, 5.41) is 19.1. The molecule has 4 nitrogen and oxygen atoms in total. The highest BCUT2D eigenvalue weighted by Gasteiger charge is 2.03. The average Bonchev–Trinajstić information content (AvgIpc) is 2.34. The van der Waals surface area contributed by atoms with Crippen molar-refractivity contribution in [3.63, 3.8) is 0 Å². The van der Waals surface area contributed by atoms with Gasteiger partial charge in [-0.15, -0.1) is 0 Å². The third kappa shape index (κ3) is 5.14. The first-order valence-corrected chi connectivity index (χ1v) is 5.58. The number of hydrogen-bond donors (Lipinski definition) is 1. The number of aliphatic hydroxyl groups excluding tert-OH is 1. The van der Waals surface area contributed by atoms with E-state index in [-0.39, 0.29) is 12.3 Å². The highest BCUT2D eigenvalue weighted by Crippen LogP contribution is 2.12. The minimum absolute atomic E-state index is 0.0667. The van der Waals surface area contributed by atoms with E-state index in [1.54, 1.807) is 12.1 Å². The summed E-state index contributed by atoms with van der Waals surface area (Å²) in [6.07, 6.45) is 3.46. The van der Waals surface area contributed by atoms with E-state index in [1.807, 2.05) is 0 Å². The van der Waals surface area contributed by atoms with Crippen LogP contribution in [0.3, 0.4) is 0 Å². The normalized spacial score (nSPS) is 9.47. The molecule has 0 amide bonds. The van der Waals surface area contributed by atoms with Crippen LogP contribution in [0, 0.1) is 22.0 Å². The summed E-state index contributed by atoms with van der Waals surface area (Å²) in [6.45, 7) is 0.221. The lowest BCUT2D eigenvalue weighted by atomic mass is 10.1. The predicted octanol–water partition coefficient (Wildman–Crippen LogP) is 2.50. The maximum absolute atomic E-state index is 10.5. The molecule has 0 aliphatic carbocycles. The van der Waals surface area contributed by atoms with Crippen LogP contribution in [0.5, 0.6) is 0 Å². The summed E-state index contributed by atoms with van der Waals surface area (Å²) in [7, 11) is 0. The lowest BCUT2D eigenvalue weighted by Crippen LogP contribution is -1.87. The molecule has 90 valence electrons. The molecule has 17 heavy (non-hydrogen) atoms. The van der Waals surface area contributed by atoms with Crippen molar-refractivity contribution in [2.75, 3.05) is 6.61 Å². The van der Waals surface area contributed by atoms with Crippen molar-refractivity contribution < 1.29 is 10.0 Å². The Hall–Kier alpha value is -1.86. The minimum Gasteiger partial charge on any atom is -0.396 e. The van der Waals surface area contributed by atoms with Crippen LogP contribution in [-0.4, -0.2) is 16.6 Å². The van der Waals surface area contributed by atoms with Gasteiger partial charge in [0.15, 0.2) is 0 Å². The minimum atomic E-state index is -0.424. The molecule has 1 aromatic rings. The molecule has 1 rings (SSSR count). The summed E-state index contributed by atoms with van der Waals surface area (Å²) in [4.78, 5) is 10.1. The fraction of sp³-hybridized carbons (Fsp3) is 0.385. The quantitative estimate of drug-likeness (QED) is 0.368. The smallest absolute Gasteiger partial charge is 0.270 e. The molecular weight excluding hydrogens is 218 g/mol. The third-order valence-corrected chi connectivity index (χ3v) is 2.25.